The van der Waals surface area contributed by atoms with E-state index in [4.69, 9.17) is 11.6 Å². The van der Waals surface area contributed by atoms with Gasteiger partial charge in [0.2, 0.25) is 5.91 Å². The SMILES string of the molecule is CC(Sc1ncc(C(F)(F)F)cc1Cl)C(=O)N1CCCc2ccccc21. The molecule has 1 amide bonds. The number of amides is 1. The van der Waals surface area contributed by atoms with Crippen molar-refractivity contribution in [3.63, 3.8) is 0 Å². The molecule has 1 aliphatic rings. The number of hydrogen-bond donors (Lipinski definition) is 0. The lowest BCUT2D eigenvalue weighted by atomic mass is 10.0. The number of aryl methyl sites for hydroxylation is 1. The summed E-state index contributed by atoms with van der Waals surface area (Å²) >= 11 is 7.01. The summed E-state index contributed by atoms with van der Waals surface area (Å²) in [6, 6.07) is 8.58. The molecule has 3 nitrogen and oxygen atoms in total. The number of hydrogen-bond acceptors (Lipinski definition) is 3. The van der Waals surface area contributed by atoms with Gasteiger partial charge in [0.15, 0.2) is 0 Å². The lowest BCUT2D eigenvalue weighted by Gasteiger charge is -2.31. The predicted octanol–water partition coefficient (Wildman–Crippen LogP) is 5.21. The summed E-state index contributed by atoms with van der Waals surface area (Å²) in [5.74, 6) is -0.111. The van der Waals surface area contributed by atoms with Gasteiger partial charge in [0.05, 0.1) is 15.8 Å². The van der Waals surface area contributed by atoms with Crippen LogP contribution in [0.15, 0.2) is 41.6 Å². The van der Waals surface area contributed by atoms with Crippen LogP contribution in [0.2, 0.25) is 5.02 Å². The molecule has 1 atom stereocenters. The van der Waals surface area contributed by atoms with E-state index in [9.17, 15) is 18.0 Å². The molecule has 2 heterocycles. The Hall–Kier alpha value is -1.73. The van der Waals surface area contributed by atoms with Gasteiger partial charge in [-0.05, 0) is 37.5 Å². The van der Waals surface area contributed by atoms with E-state index in [1.165, 1.54) is 0 Å². The molecule has 0 spiro atoms. The monoisotopic (exact) mass is 400 g/mol. The van der Waals surface area contributed by atoms with E-state index in [1.807, 2.05) is 24.3 Å². The molecule has 0 bridgehead atoms. The summed E-state index contributed by atoms with van der Waals surface area (Å²) in [6.07, 6.45) is -1.96. The van der Waals surface area contributed by atoms with Crippen molar-refractivity contribution in [2.24, 2.45) is 0 Å². The van der Waals surface area contributed by atoms with Crippen LogP contribution in [0.25, 0.3) is 0 Å². The van der Waals surface area contributed by atoms with E-state index in [0.29, 0.717) is 6.54 Å². The molecule has 0 fully saturated rings. The smallest absolute Gasteiger partial charge is 0.311 e. The highest BCUT2D eigenvalue weighted by Crippen LogP contribution is 2.36. The largest absolute Gasteiger partial charge is 0.417 e. The first kappa shape index (κ1) is 19.0. The highest BCUT2D eigenvalue weighted by atomic mass is 35.5. The summed E-state index contributed by atoms with van der Waals surface area (Å²) in [4.78, 5) is 18.4. The number of nitrogens with zero attached hydrogens (tertiary/aromatic N) is 2. The van der Waals surface area contributed by atoms with Crippen LogP contribution in [0.4, 0.5) is 18.9 Å². The Morgan fingerprint density at radius 1 is 1.35 bits per heavy atom. The Balaban J connectivity index is 1.77. The number of benzene rings is 1. The summed E-state index contributed by atoms with van der Waals surface area (Å²) < 4.78 is 38.1. The highest BCUT2D eigenvalue weighted by molar-refractivity contribution is 8.00. The number of rotatable bonds is 3. The van der Waals surface area contributed by atoms with Crippen LogP contribution in [0.3, 0.4) is 0 Å². The molecular weight excluding hydrogens is 385 g/mol. The molecule has 1 unspecified atom stereocenters. The molecule has 1 aromatic heterocycles. The minimum Gasteiger partial charge on any atom is -0.311 e. The van der Waals surface area contributed by atoms with Crippen LogP contribution in [-0.2, 0) is 17.4 Å². The molecule has 8 heteroatoms. The molecule has 3 rings (SSSR count). The molecular formula is C18H16ClF3N2OS. The van der Waals surface area contributed by atoms with Crippen LogP contribution in [-0.4, -0.2) is 22.7 Å². The first-order valence-electron chi connectivity index (χ1n) is 8.06. The van der Waals surface area contributed by atoms with Gasteiger partial charge in [0, 0.05) is 18.4 Å². The number of anilines is 1. The molecule has 0 saturated carbocycles. The average molecular weight is 401 g/mol. The van der Waals surface area contributed by atoms with Crippen LogP contribution < -0.4 is 4.90 Å². The number of carbonyl (C=O) groups excluding carboxylic acids is 1. The summed E-state index contributed by atoms with van der Waals surface area (Å²) in [5.41, 5.74) is 1.11. The minimum absolute atomic E-state index is 0.108. The lowest BCUT2D eigenvalue weighted by molar-refractivity contribution is -0.137. The molecule has 0 aliphatic carbocycles. The first-order valence-corrected chi connectivity index (χ1v) is 9.32. The second-order valence-electron chi connectivity index (χ2n) is 5.99. The fourth-order valence-corrected chi connectivity index (χ4v) is 4.01. The van der Waals surface area contributed by atoms with Crippen molar-refractivity contribution in [3.05, 3.63) is 52.7 Å². The van der Waals surface area contributed by atoms with Gasteiger partial charge in [0.25, 0.3) is 0 Å². The Labute approximate surface area is 158 Å². The Morgan fingerprint density at radius 2 is 2.08 bits per heavy atom. The summed E-state index contributed by atoms with van der Waals surface area (Å²) in [5, 5.41) is -0.419. The highest BCUT2D eigenvalue weighted by Gasteiger charge is 2.32. The number of fused-ring (bicyclic) bond motifs is 1. The molecule has 0 radical (unpaired) electrons. The zero-order chi connectivity index (χ0) is 18.9. The predicted molar refractivity (Wildman–Crippen MR) is 96.7 cm³/mol. The molecule has 1 aromatic carbocycles. The average Bonchev–Trinajstić information content (AvgIpc) is 2.61. The fourth-order valence-electron chi connectivity index (χ4n) is 2.87. The number of halogens is 4. The number of carbonyl (C=O) groups is 1. The van der Waals surface area contributed by atoms with Crippen molar-refractivity contribution in [2.75, 3.05) is 11.4 Å². The van der Waals surface area contributed by atoms with Gasteiger partial charge < -0.3 is 4.90 Å². The Kier molecular flexibility index (Phi) is 5.48. The number of pyridine rings is 1. The molecule has 1 aliphatic heterocycles. The fraction of sp³-hybridized carbons (Fsp3) is 0.333. The standard InChI is InChI=1S/C18H16ClF3N2OS/c1-11(26-16-14(19)9-13(10-23-16)18(20,21)22)17(25)24-8-4-6-12-5-2-3-7-15(12)24/h2-3,5,7,9-11H,4,6,8H2,1H3. The van der Waals surface area contributed by atoms with Gasteiger partial charge in [-0.3, -0.25) is 4.79 Å². The quantitative estimate of drug-likeness (QED) is 0.663. The molecule has 2 aromatic rings. The molecule has 26 heavy (non-hydrogen) atoms. The zero-order valence-corrected chi connectivity index (χ0v) is 15.5. The third-order valence-electron chi connectivity index (χ3n) is 4.15. The first-order chi connectivity index (χ1) is 12.3. The van der Waals surface area contributed by atoms with Crippen molar-refractivity contribution in [1.29, 1.82) is 0 Å². The zero-order valence-electron chi connectivity index (χ0n) is 13.9. The van der Waals surface area contributed by atoms with Gasteiger partial charge in [-0.1, -0.05) is 41.6 Å². The number of para-hydroxylation sites is 1. The third-order valence-corrected chi connectivity index (χ3v) is 5.65. The maximum absolute atomic E-state index is 12.9. The number of thioether (sulfide) groups is 1. The van der Waals surface area contributed by atoms with Crippen LogP contribution in [0, 0.1) is 0 Å². The van der Waals surface area contributed by atoms with Gasteiger partial charge in [-0.15, -0.1) is 0 Å². The Morgan fingerprint density at radius 3 is 2.77 bits per heavy atom. The molecule has 0 N–H and O–H groups in total. The maximum atomic E-state index is 12.9. The van der Waals surface area contributed by atoms with Gasteiger partial charge >= 0.3 is 6.18 Å². The summed E-state index contributed by atoms with van der Waals surface area (Å²) in [6.45, 7) is 2.33. The number of aromatic nitrogens is 1. The van der Waals surface area contributed by atoms with E-state index in [1.54, 1.807) is 11.8 Å². The lowest BCUT2D eigenvalue weighted by Crippen LogP contribution is -2.40. The Bertz CT molecular complexity index is 828. The summed E-state index contributed by atoms with van der Waals surface area (Å²) in [7, 11) is 0. The normalized spacial score (nSPS) is 15.5. The van der Waals surface area contributed by atoms with Crippen LogP contribution in [0.1, 0.15) is 24.5 Å². The number of alkyl halides is 3. The molecule has 138 valence electrons. The van der Waals surface area contributed by atoms with E-state index < -0.39 is 17.0 Å². The second-order valence-corrected chi connectivity index (χ2v) is 7.73. The van der Waals surface area contributed by atoms with Crippen molar-refractivity contribution in [1.82, 2.24) is 4.98 Å². The third kappa shape index (κ3) is 3.99. The van der Waals surface area contributed by atoms with Crippen LogP contribution >= 0.6 is 23.4 Å². The van der Waals surface area contributed by atoms with E-state index in [-0.39, 0.29) is 16.0 Å². The second kappa shape index (κ2) is 7.48. The van der Waals surface area contributed by atoms with Crippen molar-refractivity contribution < 1.29 is 18.0 Å². The minimum atomic E-state index is -4.50. The van der Waals surface area contributed by atoms with Gasteiger partial charge in [-0.25, -0.2) is 4.98 Å². The van der Waals surface area contributed by atoms with Crippen molar-refractivity contribution in [3.8, 4) is 0 Å². The van der Waals surface area contributed by atoms with Gasteiger partial charge in [0.1, 0.15) is 5.03 Å². The van der Waals surface area contributed by atoms with Crippen molar-refractivity contribution in [2.45, 2.75) is 36.2 Å². The van der Waals surface area contributed by atoms with Crippen LogP contribution in [0.5, 0.6) is 0 Å². The van der Waals surface area contributed by atoms with E-state index in [0.717, 1.165) is 48.1 Å². The topological polar surface area (TPSA) is 33.2 Å². The van der Waals surface area contributed by atoms with E-state index in [2.05, 4.69) is 4.98 Å². The van der Waals surface area contributed by atoms with E-state index >= 15 is 0 Å². The van der Waals surface area contributed by atoms with Crippen molar-refractivity contribution >= 4 is 35.0 Å². The maximum Gasteiger partial charge on any atom is 0.417 e. The molecule has 0 saturated heterocycles. The van der Waals surface area contributed by atoms with Gasteiger partial charge in [-0.2, -0.15) is 13.2 Å².